The zero-order valence-electron chi connectivity index (χ0n) is 26.8. The van der Waals surface area contributed by atoms with Gasteiger partial charge in [-0.25, -0.2) is 9.55 Å². The van der Waals surface area contributed by atoms with Gasteiger partial charge in [0.05, 0.1) is 17.1 Å². The molecule has 0 atom stereocenters. The summed E-state index contributed by atoms with van der Waals surface area (Å²) >= 11 is 0. The Kier molecular flexibility index (Phi) is 5.19. The van der Waals surface area contributed by atoms with Crippen molar-refractivity contribution in [3.8, 4) is 11.5 Å². The number of hydrogen-bond donors (Lipinski definition) is 0. The zero-order chi connectivity index (χ0) is 30.8. The quantitative estimate of drug-likeness (QED) is 0.164. The van der Waals surface area contributed by atoms with E-state index in [4.69, 9.17) is 4.11 Å². The van der Waals surface area contributed by atoms with Gasteiger partial charge in [-0.2, -0.15) is 4.57 Å². The molecule has 0 saturated carbocycles. The number of fused-ring (bicyclic) bond motifs is 4. The van der Waals surface area contributed by atoms with E-state index >= 15 is 0 Å². The summed E-state index contributed by atoms with van der Waals surface area (Å²) in [7, 11) is -2.18. The van der Waals surface area contributed by atoms with E-state index in [2.05, 4.69) is 131 Å². The second-order valence-corrected chi connectivity index (χ2v) is 16.0. The summed E-state index contributed by atoms with van der Waals surface area (Å²) in [6.45, 7) is 7.02. The lowest BCUT2D eigenvalue weighted by molar-refractivity contribution is -0.691. The van der Waals surface area contributed by atoms with Crippen LogP contribution in [0.3, 0.4) is 0 Å². The monoisotopic (exact) mass is 554 g/mol. The largest absolute Gasteiger partial charge is 0.294 e. The van der Waals surface area contributed by atoms with Crippen LogP contribution >= 0.6 is 0 Å². The van der Waals surface area contributed by atoms with Crippen molar-refractivity contribution < 1.29 is 8.68 Å². The van der Waals surface area contributed by atoms with E-state index in [-0.39, 0.29) is 5.56 Å². The van der Waals surface area contributed by atoms with E-state index in [0.29, 0.717) is 11.9 Å². The number of pyridine rings is 1. The number of hydrogen-bond acceptors (Lipinski definition) is 1. The molecule has 4 aromatic carbocycles. The molecule has 0 fully saturated rings. The van der Waals surface area contributed by atoms with Crippen LogP contribution in [0.2, 0.25) is 13.1 Å². The highest BCUT2D eigenvalue weighted by Crippen LogP contribution is 2.31. The maximum absolute atomic E-state index is 7.98. The van der Waals surface area contributed by atoms with Crippen LogP contribution in [0.5, 0.6) is 0 Å². The van der Waals surface area contributed by atoms with Gasteiger partial charge in [0.15, 0.2) is 11.0 Å². The van der Waals surface area contributed by atoms with Crippen LogP contribution in [0.25, 0.3) is 44.3 Å². The molecular weight excluding hydrogens is 517 g/mol. The Morgan fingerprint density at radius 2 is 1.51 bits per heavy atom. The highest BCUT2D eigenvalue weighted by Gasteiger charge is 2.29. The normalized spacial score (nSPS) is 13.6. The molecule has 3 heterocycles. The molecule has 7 rings (SSSR count). The van der Waals surface area contributed by atoms with Crippen molar-refractivity contribution in [2.75, 3.05) is 0 Å². The summed E-state index contributed by atoms with van der Waals surface area (Å²) in [6.07, 6.45) is 3.81. The lowest BCUT2D eigenvalue weighted by Crippen LogP contribution is -2.52. The average molecular weight is 555 g/mol. The Bertz CT molecular complexity index is 2190. The molecule has 0 amide bonds. The van der Waals surface area contributed by atoms with E-state index in [0.717, 1.165) is 27.5 Å². The van der Waals surface area contributed by atoms with Crippen LogP contribution < -0.4 is 14.9 Å². The van der Waals surface area contributed by atoms with Crippen molar-refractivity contribution in [1.82, 2.24) is 14.1 Å². The molecule has 0 aliphatic heterocycles. The van der Waals surface area contributed by atoms with Gasteiger partial charge in [0.1, 0.15) is 19.6 Å². The molecule has 0 saturated heterocycles. The van der Waals surface area contributed by atoms with Crippen LogP contribution in [0.15, 0.2) is 116 Å². The fourth-order valence-corrected chi connectivity index (χ4v) is 8.46. The Morgan fingerprint density at radius 3 is 2.34 bits per heavy atom. The Hall–Kier alpha value is -4.48. The van der Waals surface area contributed by atoms with Crippen molar-refractivity contribution >= 4 is 51.3 Å². The summed E-state index contributed by atoms with van der Waals surface area (Å²) in [5, 5.41) is 4.89. The van der Waals surface area contributed by atoms with Crippen LogP contribution in [0, 0.1) is 6.85 Å². The number of aromatic nitrogens is 4. The molecule has 0 radical (unpaired) electrons. The third-order valence-electron chi connectivity index (χ3n) is 8.43. The fourth-order valence-electron chi connectivity index (χ4n) is 6.11. The van der Waals surface area contributed by atoms with Gasteiger partial charge in [-0.15, -0.1) is 0 Å². The van der Waals surface area contributed by atoms with Gasteiger partial charge < -0.3 is 0 Å². The number of nitrogens with zero attached hydrogens (tertiary/aromatic N) is 4. The van der Waals surface area contributed by atoms with Crippen molar-refractivity contribution in [3.05, 3.63) is 121 Å². The first-order chi connectivity index (χ1) is 21.0. The van der Waals surface area contributed by atoms with Crippen molar-refractivity contribution in [1.29, 1.82) is 0 Å². The molecule has 0 unspecified atom stereocenters. The molecule has 41 heavy (non-hydrogen) atoms. The average Bonchev–Trinajstić information content (AvgIpc) is 3.57. The van der Waals surface area contributed by atoms with Crippen LogP contribution in [-0.2, 0) is 0 Å². The van der Waals surface area contributed by atoms with Crippen LogP contribution in [-0.4, -0.2) is 22.2 Å². The number of para-hydroxylation sites is 3. The number of benzene rings is 4. The lowest BCUT2D eigenvalue weighted by Gasteiger charge is -2.24. The minimum Gasteiger partial charge on any atom is -0.294 e. The Labute approximate surface area is 246 Å². The first-order valence-corrected chi connectivity index (χ1v) is 17.2. The summed E-state index contributed by atoms with van der Waals surface area (Å²) in [5.41, 5.74) is 5.89. The topological polar surface area (TPSA) is 26.6 Å². The predicted molar refractivity (Wildman–Crippen MR) is 174 cm³/mol. The van der Waals surface area contributed by atoms with E-state index in [1.165, 1.54) is 21.4 Å². The maximum Gasteiger partial charge on any atom is 0.250 e. The highest BCUT2D eigenvalue weighted by molar-refractivity contribution is 7.00. The van der Waals surface area contributed by atoms with E-state index in [1.807, 2.05) is 12.1 Å². The van der Waals surface area contributed by atoms with Gasteiger partial charge >= 0.3 is 0 Å². The summed E-state index contributed by atoms with van der Waals surface area (Å²) in [6, 6.07) is 36.2. The minimum atomic E-state index is -2.21. The molecule has 5 heteroatoms. The predicted octanol–water partition coefficient (Wildman–Crippen LogP) is 7.12. The first kappa shape index (κ1) is 22.2. The summed E-state index contributed by atoms with van der Waals surface area (Å²) < 4.78 is 30.7. The Balaban J connectivity index is 1.39. The lowest BCUT2D eigenvalue weighted by atomic mass is 10.1. The van der Waals surface area contributed by atoms with Gasteiger partial charge in [0, 0.05) is 21.1 Å². The third kappa shape index (κ3) is 4.11. The molecule has 0 bridgehead atoms. The van der Waals surface area contributed by atoms with Crippen molar-refractivity contribution in [2.45, 2.75) is 39.8 Å². The van der Waals surface area contributed by atoms with Crippen molar-refractivity contribution in [3.63, 3.8) is 0 Å². The summed E-state index contributed by atoms with van der Waals surface area (Å²) in [5.74, 6) is 0.612. The SMILES string of the molecule is [2H]C([2H])([2H])c1ccnc(-n2c3ccccc3c3ccc([Si](C)(C)c4cccc(-n5c[n+](C(C)C)c6ccccc65)c4)cc32)c1. The first-order valence-electron chi connectivity index (χ1n) is 15.7. The van der Waals surface area contributed by atoms with Gasteiger partial charge in [0.2, 0.25) is 6.33 Å². The molecular formula is C36H35N4Si+. The zero-order valence-corrected chi connectivity index (χ0v) is 24.8. The van der Waals surface area contributed by atoms with Gasteiger partial charge in [-0.3, -0.25) is 4.57 Å². The van der Waals surface area contributed by atoms with E-state index in [1.54, 1.807) is 18.3 Å². The number of aryl methyl sites for hydroxylation is 1. The van der Waals surface area contributed by atoms with Gasteiger partial charge in [-0.1, -0.05) is 78.1 Å². The van der Waals surface area contributed by atoms with E-state index < -0.39 is 14.9 Å². The molecule has 0 aliphatic carbocycles. The molecule has 7 aromatic rings. The molecule has 202 valence electrons. The van der Waals surface area contributed by atoms with Gasteiger partial charge in [-0.05, 0) is 74.8 Å². The molecule has 4 nitrogen and oxygen atoms in total. The standard InChI is InChI=1S/C36H35N4Si/c1-25(2)38-24-39(34-16-9-8-15-33(34)38)27-11-10-12-28(22-27)41(4,5)29-17-18-31-30-13-6-7-14-32(30)40(35(31)23-29)36-21-26(3)19-20-37-36/h6-25H,1-5H3/q+1/i3D3. The minimum absolute atomic E-state index is 0.285. The van der Waals surface area contributed by atoms with Crippen LogP contribution in [0.4, 0.5) is 0 Å². The fraction of sp³-hybridized carbons (Fsp3) is 0.167. The molecule has 0 aliphatic rings. The smallest absolute Gasteiger partial charge is 0.250 e. The highest BCUT2D eigenvalue weighted by atomic mass is 28.3. The second-order valence-electron chi connectivity index (χ2n) is 11.6. The summed E-state index contributed by atoms with van der Waals surface area (Å²) in [4.78, 5) is 4.65. The second kappa shape index (κ2) is 9.56. The molecule has 0 spiro atoms. The Morgan fingerprint density at radius 1 is 0.756 bits per heavy atom. The number of imidazole rings is 1. The third-order valence-corrected chi connectivity index (χ3v) is 11.9. The number of rotatable bonds is 5. The molecule has 3 aromatic heterocycles. The van der Waals surface area contributed by atoms with Gasteiger partial charge in [0.25, 0.3) is 0 Å². The van der Waals surface area contributed by atoms with Crippen LogP contribution in [0.1, 0.15) is 29.6 Å². The maximum atomic E-state index is 7.98. The van der Waals surface area contributed by atoms with E-state index in [9.17, 15) is 0 Å². The van der Waals surface area contributed by atoms with Crippen molar-refractivity contribution in [2.24, 2.45) is 0 Å². The molecule has 0 N–H and O–H groups in total.